The van der Waals surface area contributed by atoms with Crippen molar-refractivity contribution in [3.05, 3.63) is 9.66 Å². The number of Topliss-reactive ketones (excluding diaryl/α,β-unsaturated/α-hetero) is 1. The fourth-order valence-corrected chi connectivity index (χ4v) is 1.72. The van der Waals surface area contributed by atoms with Gasteiger partial charge in [0.25, 0.3) is 0 Å². The number of likely N-dealkylation sites (tertiary alicyclic amines) is 1. The number of halogens is 1. The highest BCUT2D eigenvalue weighted by molar-refractivity contribution is 14.1. The van der Waals surface area contributed by atoms with Crippen LogP contribution in [0.4, 0.5) is 4.79 Å². The highest BCUT2D eigenvalue weighted by Gasteiger charge is 2.31. The number of ether oxygens (including phenoxy) is 1. The van der Waals surface area contributed by atoms with E-state index in [1.165, 1.54) is 4.90 Å². The van der Waals surface area contributed by atoms with Crippen LogP contribution in [-0.4, -0.2) is 35.5 Å². The van der Waals surface area contributed by atoms with Crippen LogP contribution in [0.2, 0.25) is 0 Å². The summed E-state index contributed by atoms with van der Waals surface area (Å²) in [6.45, 7) is 5.90. The Bertz CT molecular complexity index is 317. The van der Waals surface area contributed by atoms with Gasteiger partial charge < -0.3 is 4.74 Å². The summed E-state index contributed by atoms with van der Waals surface area (Å²) >= 11 is 2.00. The number of rotatable bonds is 0. The second kappa shape index (κ2) is 4.51. The van der Waals surface area contributed by atoms with Crippen LogP contribution in [-0.2, 0) is 9.53 Å². The van der Waals surface area contributed by atoms with Crippen LogP contribution in [0, 0.1) is 0 Å². The van der Waals surface area contributed by atoms with Crippen LogP contribution in [0.5, 0.6) is 0 Å². The number of carbonyl (C=O) groups is 2. The topological polar surface area (TPSA) is 46.6 Å². The van der Waals surface area contributed by atoms with Crippen molar-refractivity contribution in [2.75, 3.05) is 13.1 Å². The smallest absolute Gasteiger partial charge is 0.411 e. The van der Waals surface area contributed by atoms with Crippen molar-refractivity contribution in [1.29, 1.82) is 0 Å². The lowest BCUT2D eigenvalue weighted by Gasteiger charge is -2.23. The van der Waals surface area contributed by atoms with E-state index >= 15 is 0 Å². The molecular weight excluding hydrogens is 309 g/mol. The summed E-state index contributed by atoms with van der Waals surface area (Å²) in [7, 11) is 0. The Balaban J connectivity index is 2.62. The van der Waals surface area contributed by atoms with Crippen molar-refractivity contribution >= 4 is 34.5 Å². The molecule has 1 aliphatic heterocycles. The van der Waals surface area contributed by atoms with E-state index in [1.54, 1.807) is 24.9 Å². The summed E-state index contributed by atoms with van der Waals surface area (Å²) in [5, 5.41) is 0. The van der Waals surface area contributed by atoms with Gasteiger partial charge in [-0.1, -0.05) is 22.6 Å². The zero-order valence-corrected chi connectivity index (χ0v) is 11.2. The first-order chi connectivity index (χ1) is 6.83. The molecule has 84 valence electrons. The van der Waals surface area contributed by atoms with Crippen LogP contribution in [0.1, 0.15) is 20.8 Å². The number of hydrogen-bond acceptors (Lipinski definition) is 3. The molecule has 1 aliphatic rings. The van der Waals surface area contributed by atoms with Crippen molar-refractivity contribution in [2.24, 2.45) is 0 Å². The summed E-state index contributed by atoms with van der Waals surface area (Å²) in [5.74, 6) is -0.00439. The molecule has 4 nitrogen and oxygen atoms in total. The molecule has 5 heteroatoms. The Morgan fingerprint density at radius 2 is 2.07 bits per heavy atom. The average Bonchev–Trinajstić information content (AvgIpc) is 2.43. The van der Waals surface area contributed by atoms with E-state index in [1.807, 2.05) is 22.6 Å². The van der Waals surface area contributed by atoms with E-state index in [9.17, 15) is 9.59 Å². The molecule has 0 unspecified atom stereocenters. The first-order valence-corrected chi connectivity index (χ1v) is 5.88. The molecule has 0 aliphatic carbocycles. The minimum absolute atomic E-state index is 0.00439. The van der Waals surface area contributed by atoms with Crippen LogP contribution < -0.4 is 0 Å². The lowest BCUT2D eigenvalue weighted by molar-refractivity contribution is -0.114. The molecule has 1 rings (SSSR count). The Kier molecular flexibility index (Phi) is 3.75. The van der Waals surface area contributed by atoms with E-state index in [4.69, 9.17) is 4.74 Å². The van der Waals surface area contributed by atoms with E-state index in [0.29, 0.717) is 12.1 Å². The number of hydrogen-bond donors (Lipinski definition) is 0. The number of nitrogens with zero attached hydrogens (tertiary/aromatic N) is 1. The maximum Gasteiger partial charge on any atom is 0.411 e. The summed E-state index contributed by atoms with van der Waals surface area (Å²) in [6, 6.07) is 0. The van der Waals surface area contributed by atoms with Crippen LogP contribution in [0.3, 0.4) is 0 Å². The summed E-state index contributed by atoms with van der Waals surface area (Å²) < 4.78 is 6.88. The minimum Gasteiger partial charge on any atom is -0.444 e. The molecule has 15 heavy (non-hydrogen) atoms. The lowest BCUT2D eigenvalue weighted by Crippen LogP contribution is -2.35. The zero-order chi connectivity index (χ0) is 11.6. The molecule has 0 N–H and O–H groups in total. The Morgan fingerprint density at radius 1 is 1.47 bits per heavy atom. The van der Waals surface area contributed by atoms with Crippen molar-refractivity contribution in [1.82, 2.24) is 4.90 Å². The van der Waals surface area contributed by atoms with Gasteiger partial charge in [-0.05, 0) is 24.9 Å². The molecule has 0 spiro atoms. The van der Waals surface area contributed by atoms with Crippen molar-refractivity contribution in [3.63, 3.8) is 0 Å². The van der Waals surface area contributed by atoms with Gasteiger partial charge in [-0.15, -0.1) is 0 Å². The predicted molar refractivity (Wildman–Crippen MR) is 64.9 cm³/mol. The van der Waals surface area contributed by atoms with E-state index in [2.05, 4.69) is 0 Å². The molecule has 0 aromatic heterocycles. The standard InChI is InChI=1S/C10H14INO3/c1-10(2,3)15-9(14)12-5-7(4-11)8(13)6-12/h4H,5-6H2,1-3H3/b7-4-. The van der Waals surface area contributed by atoms with Gasteiger partial charge in [0.05, 0.1) is 13.1 Å². The average molecular weight is 323 g/mol. The second-order valence-corrected chi connectivity index (χ2v) is 5.02. The monoisotopic (exact) mass is 323 g/mol. The van der Waals surface area contributed by atoms with Gasteiger partial charge >= 0.3 is 6.09 Å². The van der Waals surface area contributed by atoms with Crippen molar-refractivity contribution in [2.45, 2.75) is 26.4 Å². The summed E-state index contributed by atoms with van der Waals surface area (Å²) in [4.78, 5) is 24.4. The van der Waals surface area contributed by atoms with Crippen molar-refractivity contribution in [3.8, 4) is 0 Å². The lowest BCUT2D eigenvalue weighted by atomic mass is 10.2. The molecule has 0 aromatic rings. The molecule has 0 bridgehead atoms. The maximum absolute atomic E-state index is 11.6. The van der Waals surface area contributed by atoms with Gasteiger partial charge in [0, 0.05) is 5.57 Å². The first-order valence-electron chi connectivity index (χ1n) is 4.64. The van der Waals surface area contributed by atoms with Gasteiger partial charge in [0.2, 0.25) is 0 Å². The Hall–Kier alpha value is -0.590. The second-order valence-electron chi connectivity index (χ2n) is 4.39. The van der Waals surface area contributed by atoms with Crippen LogP contribution in [0.25, 0.3) is 0 Å². The predicted octanol–water partition coefficient (Wildman–Crippen LogP) is 2.13. The van der Waals surface area contributed by atoms with E-state index < -0.39 is 11.7 Å². The van der Waals surface area contributed by atoms with Crippen LogP contribution >= 0.6 is 22.6 Å². The van der Waals surface area contributed by atoms with Gasteiger partial charge in [-0.25, -0.2) is 4.79 Å². The van der Waals surface area contributed by atoms with Crippen LogP contribution in [0.15, 0.2) is 9.66 Å². The molecule has 0 saturated carbocycles. The molecular formula is C10H14INO3. The molecule has 1 heterocycles. The van der Waals surface area contributed by atoms with Gasteiger partial charge in [0.1, 0.15) is 5.60 Å². The normalized spacial score (nSPS) is 19.9. The number of amides is 1. The SMILES string of the molecule is CC(C)(C)OC(=O)N1CC(=O)/C(=C\I)C1. The number of ketones is 1. The molecule has 0 aromatic carbocycles. The fourth-order valence-electron chi connectivity index (χ4n) is 1.18. The zero-order valence-electron chi connectivity index (χ0n) is 9.04. The molecule has 0 radical (unpaired) electrons. The summed E-state index contributed by atoms with van der Waals surface area (Å²) in [5.41, 5.74) is 0.151. The summed E-state index contributed by atoms with van der Waals surface area (Å²) in [6.07, 6.45) is -0.427. The molecule has 1 amide bonds. The highest BCUT2D eigenvalue weighted by atomic mass is 127. The third-order valence-corrected chi connectivity index (χ3v) is 2.59. The number of carbonyl (C=O) groups excluding carboxylic acids is 2. The van der Waals surface area contributed by atoms with Gasteiger partial charge in [-0.2, -0.15) is 0 Å². The largest absolute Gasteiger partial charge is 0.444 e. The van der Waals surface area contributed by atoms with Gasteiger partial charge in [0.15, 0.2) is 5.78 Å². The first kappa shape index (κ1) is 12.5. The quantitative estimate of drug-likeness (QED) is 0.507. The third-order valence-electron chi connectivity index (χ3n) is 1.84. The molecule has 1 saturated heterocycles. The molecule has 0 atom stereocenters. The molecule has 1 fully saturated rings. The Morgan fingerprint density at radius 3 is 2.47 bits per heavy atom. The fraction of sp³-hybridized carbons (Fsp3) is 0.600. The van der Waals surface area contributed by atoms with Gasteiger partial charge in [-0.3, -0.25) is 9.69 Å². The van der Waals surface area contributed by atoms with E-state index in [0.717, 1.165) is 0 Å². The maximum atomic E-state index is 11.6. The highest BCUT2D eigenvalue weighted by Crippen LogP contribution is 2.17. The van der Waals surface area contributed by atoms with E-state index in [-0.39, 0.29) is 12.3 Å². The minimum atomic E-state index is -0.517. The third kappa shape index (κ3) is 3.48. The van der Waals surface area contributed by atoms with Crippen molar-refractivity contribution < 1.29 is 14.3 Å². The Labute approximate surface area is 103 Å².